The van der Waals surface area contributed by atoms with Crippen LogP contribution in [0.5, 0.6) is 0 Å². The number of benzene rings is 2. The van der Waals surface area contributed by atoms with E-state index in [2.05, 4.69) is 89.9 Å². The smallest absolute Gasteiger partial charge is 0.0152 e. The van der Waals surface area contributed by atoms with Crippen LogP contribution in [0.3, 0.4) is 0 Å². The summed E-state index contributed by atoms with van der Waals surface area (Å²) in [5.41, 5.74) is 5.29. The van der Waals surface area contributed by atoms with Crippen molar-refractivity contribution in [3.05, 3.63) is 53.6 Å². The highest BCUT2D eigenvalue weighted by Crippen LogP contribution is 2.73. The Morgan fingerprint density at radius 3 is 1.95 bits per heavy atom. The van der Waals surface area contributed by atoms with Crippen molar-refractivity contribution in [1.82, 2.24) is 0 Å². The molecule has 0 aromatic heterocycles. The van der Waals surface area contributed by atoms with Crippen molar-refractivity contribution in [3.8, 4) is 11.1 Å². The summed E-state index contributed by atoms with van der Waals surface area (Å²) in [6.45, 7) is 4.32. The number of thiol groups is 1. The van der Waals surface area contributed by atoms with E-state index < -0.39 is 7.59 Å². The first kappa shape index (κ1) is 14.7. The number of hydrogen-bond acceptors (Lipinski definition) is 0. The quantitative estimate of drug-likeness (QED) is 0.676. The monoisotopic (exact) mass is 338 g/mol. The van der Waals surface area contributed by atoms with E-state index in [1.54, 1.807) is 0 Å². The van der Waals surface area contributed by atoms with Crippen LogP contribution in [-0.2, 0) is 0 Å². The molecule has 0 saturated carbocycles. The first-order chi connectivity index (χ1) is 8.63. The molecule has 0 saturated heterocycles. The fourth-order valence-electron chi connectivity index (χ4n) is 2.19. The second-order valence-electron chi connectivity index (χ2n) is 6.47. The molecule has 0 aliphatic rings. The molecule has 0 heterocycles. The van der Waals surface area contributed by atoms with Gasteiger partial charge < -0.3 is 0 Å². The van der Waals surface area contributed by atoms with E-state index in [-0.39, 0.29) is 0 Å². The van der Waals surface area contributed by atoms with Crippen molar-refractivity contribution in [2.24, 2.45) is 0 Å². The standard InChI is InChI=1S/C17H23BrS/c1-13-6-7-14(2)17(12-13)15-8-10-16(11-9-15)19(3,4,5)18/h6-12,19H,1-5H3. The molecule has 104 valence electrons. The molecule has 19 heavy (non-hydrogen) atoms. The van der Waals surface area contributed by atoms with Gasteiger partial charge in [0.1, 0.15) is 0 Å². The van der Waals surface area contributed by atoms with E-state index in [1.807, 2.05) is 0 Å². The van der Waals surface area contributed by atoms with Gasteiger partial charge in [0.05, 0.1) is 0 Å². The van der Waals surface area contributed by atoms with Gasteiger partial charge in [-0.1, -0.05) is 48.0 Å². The molecule has 0 nitrogen and oxygen atoms in total. The van der Waals surface area contributed by atoms with Gasteiger partial charge >= 0.3 is 0 Å². The first-order valence-corrected chi connectivity index (χ1v) is 12.1. The summed E-state index contributed by atoms with van der Waals surface area (Å²) in [4.78, 5) is 1.42. The van der Waals surface area contributed by atoms with Crippen LogP contribution in [0.4, 0.5) is 0 Å². The third kappa shape index (κ3) is 3.43. The molecule has 0 spiro atoms. The summed E-state index contributed by atoms with van der Waals surface area (Å²) in [6, 6.07) is 15.7. The van der Waals surface area contributed by atoms with Gasteiger partial charge in [-0.05, 0) is 69.0 Å². The maximum Gasteiger partial charge on any atom is -0.0152 e. The summed E-state index contributed by atoms with van der Waals surface area (Å²) in [7, 11) is -1.83. The van der Waals surface area contributed by atoms with Crippen LogP contribution in [0, 0.1) is 13.8 Å². The zero-order valence-electron chi connectivity index (χ0n) is 12.4. The number of rotatable bonds is 2. The topological polar surface area (TPSA) is 0 Å². The Bertz CT molecular complexity index is 594. The molecule has 2 aromatic carbocycles. The molecule has 2 aromatic rings. The minimum Gasteiger partial charge on any atom is -0.224 e. The van der Waals surface area contributed by atoms with Crippen LogP contribution in [-0.4, -0.2) is 18.8 Å². The molecule has 0 aliphatic heterocycles. The summed E-state index contributed by atoms with van der Waals surface area (Å²) in [6.07, 6.45) is 6.95. The SMILES string of the molecule is Cc1ccc(C)c(-c2ccc([SH](C)(C)(C)Br)cc2)c1. The van der Waals surface area contributed by atoms with Crippen molar-refractivity contribution < 1.29 is 0 Å². The largest absolute Gasteiger partial charge is 0.224 e. The zero-order valence-corrected chi connectivity index (χ0v) is 14.8. The highest BCUT2D eigenvalue weighted by molar-refractivity contribution is 9.62. The Kier molecular flexibility index (Phi) is 3.61. The lowest BCUT2D eigenvalue weighted by Crippen LogP contribution is -2.03. The zero-order chi connectivity index (χ0) is 14.3. The first-order valence-electron chi connectivity index (χ1n) is 6.54. The summed E-state index contributed by atoms with van der Waals surface area (Å²) in [5, 5.41) is 0. The lowest BCUT2D eigenvalue weighted by atomic mass is 9.99. The van der Waals surface area contributed by atoms with Gasteiger partial charge in [-0.25, -0.2) is 7.59 Å². The molecule has 0 aliphatic carbocycles. The average molecular weight is 339 g/mol. The Hall–Kier alpha value is -0.730. The Morgan fingerprint density at radius 2 is 1.42 bits per heavy atom. The molecule has 0 unspecified atom stereocenters. The highest BCUT2D eigenvalue weighted by Gasteiger charge is 2.23. The lowest BCUT2D eigenvalue weighted by molar-refractivity contribution is 1.37. The van der Waals surface area contributed by atoms with E-state index in [1.165, 1.54) is 27.1 Å². The van der Waals surface area contributed by atoms with E-state index >= 15 is 0 Å². The lowest BCUT2D eigenvalue weighted by Gasteiger charge is -2.45. The van der Waals surface area contributed by atoms with Crippen molar-refractivity contribution in [3.63, 3.8) is 0 Å². The van der Waals surface area contributed by atoms with Crippen molar-refractivity contribution in [2.45, 2.75) is 18.7 Å². The second-order valence-corrected chi connectivity index (χ2v) is 19.6. The molecule has 0 N–H and O–H groups in total. The third-order valence-corrected chi connectivity index (χ3v) is 6.71. The van der Waals surface area contributed by atoms with Crippen LogP contribution in [0.2, 0.25) is 0 Å². The van der Waals surface area contributed by atoms with Gasteiger partial charge in [-0.3, -0.25) is 0 Å². The Balaban J connectivity index is 2.47. The van der Waals surface area contributed by atoms with E-state index in [4.69, 9.17) is 0 Å². The average Bonchev–Trinajstić information content (AvgIpc) is 2.30. The molecule has 2 heteroatoms. The number of aryl methyl sites for hydroxylation is 2. The van der Waals surface area contributed by atoms with Crippen molar-refractivity contribution >= 4 is 22.4 Å². The second kappa shape index (κ2) is 4.68. The summed E-state index contributed by atoms with van der Waals surface area (Å²) < 4.78 is 0. The predicted octanol–water partition coefficient (Wildman–Crippen LogP) is 5.60. The van der Waals surface area contributed by atoms with Crippen LogP contribution >= 0.6 is 22.4 Å². The molecular weight excluding hydrogens is 316 g/mol. The van der Waals surface area contributed by atoms with Crippen molar-refractivity contribution in [2.75, 3.05) is 18.8 Å². The minimum absolute atomic E-state index is 1.30. The molecule has 0 radical (unpaired) electrons. The molecule has 2 rings (SSSR count). The molecule has 0 amide bonds. The highest BCUT2D eigenvalue weighted by atomic mass is 79.9. The predicted molar refractivity (Wildman–Crippen MR) is 95.3 cm³/mol. The van der Waals surface area contributed by atoms with Gasteiger partial charge in [0.15, 0.2) is 0 Å². The van der Waals surface area contributed by atoms with Crippen LogP contribution in [0.1, 0.15) is 11.1 Å². The maximum atomic E-state index is 3.93. The molecule has 0 fully saturated rings. The van der Waals surface area contributed by atoms with E-state index in [0.717, 1.165) is 0 Å². The minimum atomic E-state index is -1.83. The fraction of sp³-hybridized carbons (Fsp3) is 0.294. The fourth-order valence-corrected chi connectivity index (χ4v) is 4.06. The van der Waals surface area contributed by atoms with Crippen LogP contribution in [0.15, 0.2) is 47.4 Å². The van der Waals surface area contributed by atoms with E-state index in [0.29, 0.717) is 0 Å². The van der Waals surface area contributed by atoms with E-state index in [9.17, 15) is 0 Å². The number of hydrogen-bond donors (Lipinski definition) is 1. The van der Waals surface area contributed by atoms with Gasteiger partial charge in [0.2, 0.25) is 0 Å². The Morgan fingerprint density at radius 1 is 0.842 bits per heavy atom. The van der Waals surface area contributed by atoms with Crippen LogP contribution < -0.4 is 0 Å². The molecule has 0 bridgehead atoms. The normalized spacial score (nSPS) is 13.9. The van der Waals surface area contributed by atoms with Crippen LogP contribution in [0.25, 0.3) is 11.1 Å². The van der Waals surface area contributed by atoms with Crippen molar-refractivity contribution in [1.29, 1.82) is 0 Å². The molecular formula is C17H23BrS. The van der Waals surface area contributed by atoms with Gasteiger partial charge in [-0.2, -0.15) is 0 Å². The van der Waals surface area contributed by atoms with Gasteiger partial charge in [0.25, 0.3) is 0 Å². The number of halogens is 1. The van der Waals surface area contributed by atoms with Gasteiger partial charge in [0, 0.05) is 0 Å². The molecule has 0 atom stereocenters. The Labute approximate surface area is 124 Å². The summed E-state index contributed by atoms with van der Waals surface area (Å²) in [5.74, 6) is 0. The van der Waals surface area contributed by atoms with Gasteiger partial charge in [-0.15, -0.1) is 0 Å². The third-order valence-electron chi connectivity index (χ3n) is 3.44. The summed E-state index contributed by atoms with van der Waals surface area (Å²) >= 11 is 3.93. The maximum absolute atomic E-state index is 3.93.